The van der Waals surface area contributed by atoms with E-state index in [9.17, 15) is 4.39 Å². The molecule has 2 heterocycles. The van der Waals surface area contributed by atoms with Gasteiger partial charge >= 0.3 is 0 Å². The van der Waals surface area contributed by atoms with Crippen molar-refractivity contribution in [3.8, 4) is 5.69 Å². The molecule has 1 N–H and O–H groups in total. The third-order valence-electron chi connectivity index (χ3n) is 4.76. The van der Waals surface area contributed by atoms with Gasteiger partial charge in [0.2, 0.25) is 0 Å². The first-order chi connectivity index (χ1) is 14.6. The van der Waals surface area contributed by atoms with Gasteiger partial charge in [0, 0.05) is 36.8 Å². The average molecular weight is 404 g/mol. The maximum Gasteiger partial charge on any atom is 0.154 e. The van der Waals surface area contributed by atoms with E-state index in [0.29, 0.717) is 28.6 Å². The summed E-state index contributed by atoms with van der Waals surface area (Å²) < 4.78 is 21.1. The standard InChI is InChI=1S/C22H21FN6O/c1-14(26-22(24-2)16-8-9-18-15(12-16)10-11-25-18)21-20(13-30-3)29(28-27-21)19-7-5-4-6-17(19)23/h4-12,25H,13H2,1-3H3. The Labute approximate surface area is 172 Å². The third kappa shape index (κ3) is 3.65. The van der Waals surface area contributed by atoms with Crippen molar-refractivity contribution in [1.29, 1.82) is 0 Å². The molecule has 0 bridgehead atoms. The minimum atomic E-state index is -0.392. The highest BCUT2D eigenvalue weighted by Gasteiger charge is 2.19. The van der Waals surface area contributed by atoms with Crippen LogP contribution in [0, 0.1) is 5.82 Å². The molecule has 4 aromatic rings. The van der Waals surface area contributed by atoms with E-state index < -0.39 is 5.82 Å². The first kappa shape index (κ1) is 19.7. The average Bonchev–Trinajstić information content (AvgIpc) is 3.39. The van der Waals surface area contributed by atoms with Crippen LogP contribution in [-0.4, -0.2) is 45.7 Å². The van der Waals surface area contributed by atoms with E-state index in [2.05, 4.69) is 20.3 Å². The van der Waals surface area contributed by atoms with E-state index in [1.807, 2.05) is 37.4 Å². The first-order valence-corrected chi connectivity index (χ1v) is 9.40. The van der Waals surface area contributed by atoms with Crippen molar-refractivity contribution >= 4 is 22.5 Å². The summed E-state index contributed by atoms with van der Waals surface area (Å²) in [6.45, 7) is 2.03. The highest BCUT2D eigenvalue weighted by atomic mass is 19.1. The number of aromatic amines is 1. The van der Waals surface area contributed by atoms with Gasteiger partial charge in [-0.3, -0.25) is 4.99 Å². The van der Waals surface area contributed by atoms with Crippen LogP contribution in [0.5, 0.6) is 0 Å². The molecule has 30 heavy (non-hydrogen) atoms. The predicted octanol–water partition coefficient (Wildman–Crippen LogP) is 3.92. The lowest BCUT2D eigenvalue weighted by Crippen LogP contribution is -2.10. The number of fused-ring (bicyclic) bond motifs is 1. The fourth-order valence-electron chi connectivity index (χ4n) is 3.31. The van der Waals surface area contributed by atoms with Crippen LogP contribution in [0.1, 0.15) is 23.9 Å². The zero-order valence-corrected chi connectivity index (χ0v) is 16.9. The molecule has 8 heteroatoms. The molecule has 0 amide bonds. The van der Waals surface area contributed by atoms with Crippen LogP contribution in [0.4, 0.5) is 4.39 Å². The molecule has 7 nitrogen and oxygen atoms in total. The highest BCUT2D eigenvalue weighted by molar-refractivity contribution is 6.12. The summed E-state index contributed by atoms with van der Waals surface area (Å²) in [7, 11) is 3.26. The van der Waals surface area contributed by atoms with E-state index in [-0.39, 0.29) is 6.61 Å². The molecule has 0 fully saturated rings. The Balaban J connectivity index is 1.75. The Morgan fingerprint density at radius 2 is 2.03 bits per heavy atom. The van der Waals surface area contributed by atoms with E-state index in [0.717, 1.165) is 16.5 Å². The van der Waals surface area contributed by atoms with Crippen molar-refractivity contribution in [2.75, 3.05) is 14.2 Å². The number of H-pyrrole nitrogens is 1. The molecule has 0 unspecified atom stereocenters. The lowest BCUT2D eigenvalue weighted by Gasteiger charge is -2.08. The van der Waals surface area contributed by atoms with Crippen LogP contribution in [0.3, 0.4) is 0 Å². The van der Waals surface area contributed by atoms with Crippen molar-refractivity contribution in [2.45, 2.75) is 13.5 Å². The summed E-state index contributed by atoms with van der Waals surface area (Å²) >= 11 is 0. The molecule has 0 radical (unpaired) electrons. The summed E-state index contributed by atoms with van der Waals surface area (Å²) in [5, 5.41) is 9.47. The predicted molar refractivity (Wildman–Crippen MR) is 115 cm³/mol. The fraction of sp³-hybridized carbons (Fsp3) is 0.182. The minimum Gasteiger partial charge on any atom is -0.378 e. The van der Waals surface area contributed by atoms with Crippen LogP contribution in [0.15, 0.2) is 64.7 Å². The number of amidine groups is 1. The number of hydrogen-bond donors (Lipinski definition) is 1. The molecule has 0 aliphatic carbocycles. The number of hydrogen-bond acceptors (Lipinski definition) is 4. The minimum absolute atomic E-state index is 0.206. The van der Waals surface area contributed by atoms with Crippen molar-refractivity contribution in [2.24, 2.45) is 9.98 Å². The van der Waals surface area contributed by atoms with Crippen LogP contribution in [-0.2, 0) is 11.3 Å². The second-order valence-corrected chi connectivity index (χ2v) is 6.71. The van der Waals surface area contributed by atoms with Gasteiger partial charge in [-0.05, 0) is 43.3 Å². The Hall–Kier alpha value is -3.65. The van der Waals surface area contributed by atoms with Gasteiger partial charge in [0.1, 0.15) is 17.2 Å². The quantitative estimate of drug-likeness (QED) is 0.404. The molecular formula is C22H21FN6O. The van der Waals surface area contributed by atoms with E-state index in [1.54, 1.807) is 32.4 Å². The van der Waals surface area contributed by atoms with E-state index in [4.69, 9.17) is 9.73 Å². The number of para-hydroxylation sites is 1. The van der Waals surface area contributed by atoms with Crippen LogP contribution in [0.2, 0.25) is 0 Å². The Kier molecular flexibility index (Phi) is 5.49. The largest absolute Gasteiger partial charge is 0.378 e. The van der Waals surface area contributed by atoms with Crippen molar-refractivity contribution in [3.63, 3.8) is 0 Å². The topological polar surface area (TPSA) is 80.4 Å². The monoisotopic (exact) mass is 404 g/mol. The van der Waals surface area contributed by atoms with E-state index >= 15 is 0 Å². The van der Waals surface area contributed by atoms with Gasteiger partial charge in [0.15, 0.2) is 5.84 Å². The number of ether oxygens (including phenoxy) is 1. The SMILES string of the molecule is CN=C(N=C(C)c1nnn(-c2ccccc2F)c1COC)c1ccc2[nH]ccc2c1. The molecule has 0 atom stereocenters. The molecule has 2 aromatic heterocycles. The van der Waals surface area contributed by atoms with Crippen molar-refractivity contribution in [1.82, 2.24) is 20.0 Å². The summed E-state index contributed by atoms with van der Waals surface area (Å²) in [5.74, 6) is 0.177. The van der Waals surface area contributed by atoms with Gasteiger partial charge in [-0.25, -0.2) is 14.1 Å². The van der Waals surface area contributed by atoms with Gasteiger partial charge in [-0.2, -0.15) is 0 Å². The van der Waals surface area contributed by atoms with Crippen LogP contribution >= 0.6 is 0 Å². The number of nitrogens with zero attached hydrogens (tertiary/aromatic N) is 5. The zero-order chi connectivity index (χ0) is 21.1. The Morgan fingerprint density at radius 1 is 1.20 bits per heavy atom. The first-order valence-electron chi connectivity index (χ1n) is 9.40. The number of aromatic nitrogens is 4. The second-order valence-electron chi connectivity index (χ2n) is 6.71. The van der Waals surface area contributed by atoms with Gasteiger partial charge < -0.3 is 9.72 Å². The van der Waals surface area contributed by atoms with Gasteiger partial charge in [-0.1, -0.05) is 17.3 Å². The molecule has 0 saturated carbocycles. The molecule has 0 saturated heterocycles. The zero-order valence-electron chi connectivity index (χ0n) is 16.9. The summed E-state index contributed by atoms with van der Waals surface area (Å²) in [5.41, 5.74) is 3.99. The number of nitrogens with one attached hydrogen (secondary N) is 1. The Bertz CT molecular complexity index is 1250. The number of benzene rings is 2. The van der Waals surface area contributed by atoms with Gasteiger partial charge in [0.25, 0.3) is 0 Å². The lowest BCUT2D eigenvalue weighted by atomic mass is 10.1. The molecule has 2 aromatic carbocycles. The van der Waals surface area contributed by atoms with Crippen LogP contribution in [0.25, 0.3) is 16.6 Å². The number of aliphatic imine (C=N–C) groups is 2. The van der Waals surface area contributed by atoms with Crippen molar-refractivity contribution in [3.05, 3.63) is 77.5 Å². The molecule has 0 aliphatic rings. The molecule has 0 aliphatic heterocycles. The normalized spacial score (nSPS) is 12.7. The molecular weight excluding hydrogens is 383 g/mol. The van der Waals surface area contributed by atoms with Crippen LogP contribution < -0.4 is 0 Å². The Morgan fingerprint density at radius 3 is 2.80 bits per heavy atom. The fourth-order valence-corrected chi connectivity index (χ4v) is 3.31. The van der Waals surface area contributed by atoms with Gasteiger partial charge in [-0.15, -0.1) is 5.10 Å². The number of halogens is 1. The third-order valence-corrected chi connectivity index (χ3v) is 4.76. The second kappa shape index (κ2) is 8.38. The maximum atomic E-state index is 14.3. The maximum absolute atomic E-state index is 14.3. The number of rotatable bonds is 5. The summed E-state index contributed by atoms with van der Waals surface area (Å²) in [6.07, 6.45) is 1.89. The summed E-state index contributed by atoms with van der Waals surface area (Å²) in [4.78, 5) is 12.2. The highest BCUT2D eigenvalue weighted by Crippen LogP contribution is 2.19. The summed E-state index contributed by atoms with van der Waals surface area (Å²) in [6, 6.07) is 14.4. The molecule has 152 valence electrons. The molecule has 0 spiro atoms. The van der Waals surface area contributed by atoms with Crippen molar-refractivity contribution < 1.29 is 9.13 Å². The smallest absolute Gasteiger partial charge is 0.154 e. The van der Waals surface area contributed by atoms with E-state index in [1.165, 1.54) is 10.7 Å². The molecule has 4 rings (SSSR count). The number of methoxy groups -OCH3 is 1. The van der Waals surface area contributed by atoms with Gasteiger partial charge in [0.05, 0.1) is 18.0 Å². The lowest BCUT2D eigenvalue weighted by molar-refractivity contribution is 0.179.